The molecule has 2 heterocycles. The molecule has 0 N–H and O–H groups in total. The molecule has 1 aliphatic heterocycles. The summed E-state index contributed by atoms with van der Waals surface area (Å²) < 4.78 is 2.20. The number of aromatic nitrogens is 2. The minimum Gasteiger partial charge on any atom is -0.342 e. The first-order chi connectivity index (χ1) is 7.35. The molecule has 1 unspecified atom stereocenters. The largest absolute Gasteiger partial charge is 0.342 e. The van der Waals surface area contributed by atoms with Crippen molar-refractivity contribution in [2.24, 2.45) is 5.92 Å². The molecule has 84 valence electrons. The first-order valence-corrected chi connectivity index (χ1v) is 6.20. The van der Waals surface area contributed by atoms with Crippen molar-refractivity contribution in [3.8, 4) is 0 Å². The maximum absolute atomic E-state index is 5.77. The third-order valence-electron chi connectivity index (χ3n) is 3.12. The molecule has 1 saturated heterocycles. The summed E-state index contributed by atoms with van der Waals surface area (Å²) in [5.74, 6) is 2.65. The lowest BCUT2D eigenvalue weighted by atomic mass is 10.1. The number of imidazole rings is 1. The topological polar surface area (TPSA) is 21.1 Å². The number of rotatable bonds is 4. The fraction of sp³-hybridized carbons (Fsp3) is 0.727. The van der Waals surface area contributed by atoms with E-state index < -0.39 is 0 Å². The summed E-state index contributed by atoms with van der Waals surface area (Å²) in [6.45, 7) is 5.38. The summed E-state index contributed by atoms with van der Waals surface area (Å²) in [4.78, 5) is 6.80. The summed E-state index contributed by atoms with van der Waals surface area (Å²) in [7, 11) is 0. The number of nitrogens with zero attached hydrogens (tertiary/aromatic N) is 3. The van der Waals surface area contributed by atoms with Crippen LogP contribution in [0, 0.1) is 5.92 Å². The second-order valence-electron chi connectivity index (χ2n) is 4.09. The Labute approximate surface area is 96.0 Å². The summed E-state index contributed by atoms with van der Waals surface area (Å²) in [5.41, 5.74) is 0. The van der Waals surface area contributed by atoms with E-state index in [4.69, 9.17) is 11.6 Å². The zero-order chi connectivity index (χ0) is 10.7. The molecule has 0 saturated carbocycles. The molecule has 4 heteroatoms. The van der Waals surface area contributed by atoms with Crippen LogP contribution in [0.25, 0.3) is 0 Å². The Bertz CT molecular complexity index is 311. The standard InChI is InChI=1S/C11H18ClN3/c1-2-14-8-6-13-11(14)15-7-4-10(9-15)3-5-12/h6,8,10H,2-5,7,9H2,1H3. The number of hydrogen-bond acceptors (Lipinski definition) is 2. The zero-order valence-corrected chi connectivity index (χ0v) is 9.95. The van der Waals surface area contributed by atoms with Crippen molar-refractivity contribution in [1.82, 2.24) is 9.55 Å². The first kappa shape index (κ1) is 10.8. The van der Waals surface area contributed by atoms with Crippen LogP contribution in [0.1, 0.15) is 19.8 Å². The molecule has 1 aromatic heterocycles. The molecule has 2 rings (SSSR count). The van der Waals surface area contributed by atoms with Gasteiger partial charge in [0.2, 0.25) is 5.95 Å². The molecular weight excluding hydrogens is 210 g/mol. The monoisotopic (exact) mass is 227 g/mol. The number of anilines is 1. The molecule has 0 amide bonds. The fourth-order valence-corrected chi connectivity index (χ4v) is 2.54. The predicted molar refractivity (Wildman–Crippen MR) is 63.6 cm³/mol. The summed E-state index contributed by atoms with van der Waals surface area (Å²) in [6, 6.07) is 0. The van der Waals surface area contributed by atoms with Crippen LogP contribution >= 0.6 is 11.6 Å². The van der Waals surface area contributed by atoms with Gasteiger partial charge in [0.1, 0.15) is 0 Å². The molecule has 1 atom stereocenters. The van der Waals surface area contributed by atoms with E-state index in [0.29, 0.717) is 0 Å². The van der Waals surface area contributed by atoms with Crippen LogP contribution in [-0.4, -0.2) is 28.5 Å². The molecule has 1 aliphatic rings. The quantitative estimate of drug-likeness (QED) is 0.737. The van der Waals surface area contributed by atoms with Gasteiger partial charge in [0.25, 0.3) is 0 Å². The van der Waals surface area contributed by atoms with Crippen molar-refractivity contribution in [3.05, 3.63) is 12.4 Å². The van der Waals surface area contributed by atoms with E-state index in [1.165, 1.54) is 6.42 Å². The van der Waals surface area contributed by atoms with Crippen molar-refractivity contribution in [3.63, 3.8) is 0 Å². The lowest BCUT2D eigenvalue weighted by molar-refractivity contribution is 0.570. The molecule has 1 aromatic rings. The minimum atomic E-state index is 0.754. The van der Waals surface area contributed by atoms with Crippen LogP contribution in [0.15, 0.2) is 12.4 Å². The highest BCUT2D eigenvalue weighted by Crippen LogP contribution is 2.24. The fourth-order valence-electron chi connectivity index (χ4n) is 2.24. The number of hydrogen-bond donors (Lipinski definition) is 0. The first-order valence-electron chi connectivity index (χ1n) is 5.67. The van der Waals surface area contributed by atoms with Gasteiger partial charge in [-0.1, -0.05) is 0 Å². The minimum absolute atomic E-state index is 0.754. The molecule has 0 bridgehead atoms. The SMILES string of the molecule is CCn1ccnc1N1CCC(CCCl)C1. The summed E-state index contributed by atoms with van der Waals surface area (Å²) >= 11 is 5.77. The van der Waals surface area contributed by atoms with E-state index in [1.54, 1.807) is 0 Å². The highest BCUT2D eigenvalue weighted by Gasteiger charge is 2.24. The van der Waals surface area contributed by atoms with Gasteiger partial charge in [-0.2, -0.15) is 0 Å². The van der Waals surface area contributed by atoms with Crippen molar-refractivity contribution in [2.45, 2.75) is 26.3 Å². The highest BCUT2D eigenvalue weighted by molar-refractivity contribution is 6.17. The van der Waals surface area contributed by atoms with Crippen LogP contribution in [0.4, 0.5) is 5.95 Å². The molecule has 0 radical (unpaired) electrons. The highest BCUT2D eigenvalue weighted by atomic mass is 35.5. The second kappa shape index (κ2) is 4.88. The van der Waals surface area contributed by atoms with Gasteiger partial charge in [-0.25, -0.2) is 4.98 Å². The van der Waals surface area contributed by atoms with Crippen LogP contribution < -0.4 is 4.90 Å². The van der Waals surface area contributed by atoms with Crippen molar-refractivity contribution < 1.29 is 0 Å². The van der Waals surface area contributed by atoms with Crippen molar-refractivity contribution >= 4 is 17.5 Å². The summed E-state index contributed by atoms with van der Waals surface area (Å²) in [5, 5.41) is 0. The van der Waals surface area contributed by atoms with E-state index in [9.17, 15) is 0 Å². The Morgan fingerprint density at radius 2 is 2.47 bits per heavy atom. The molecule has 15 heavy (non-hydrogen) atoms. The molecule has 0 spiro atoms. The van der Waals surface area contributed by atoms with Crippen LogP contribution in [-0.2, 0) is 6.54 Å². The average molecular weight is 228 g/mol. The van der Waals surface area contributed by atoms with Gasteiger partial charge in [-0.05, 0) is 25.7 Å². The second-order valence-corrected chi connectivity index (χ2v) is 4.47. The average Bonchev–Trinajstić information content (AvgIpc) is 2.84. The Morgan fingerprint density at radius 1 is 1.60 bits per heavy atom. The van der Waals surface area contributed by atoms with Crippen LogP contribution in [0.3, 0.4) is 0 Å². The van der Waals surface area contributed by atoms with Gasteiger partial charge >= 0.3 is 0 Å². The molecular formula is C11H18ClN3. The normalized spacial score (nSPS) is 21.2. The number of alkyl halides is 1. The van der Waals surface area contributed by atoms with Gasteiger partial charge in [0.15, 0.2) is 0 Å². The Morgan fingerprint density at radius 3 is 3.20 bits per heavy atom. The third kappa shape index (κ3) is 2.28. The predicted octanol–water partition coefficient (Wildman–Crippen LogP) is 2.36. The number of halogens is 1. The lowest BCUT2D eigenvalue weighted by Gasteiger charge is -2.18. The Balaban J connectivity index is 2.01. The molecule has 0 aromatic carbocycles. The van der Waals surface area contributed by atoms with E-state index in [1.807, 2.05) is 12.4 Å². The van der Waals surface area contributed by atoms with E-state index in [-0.39, 0.29) is 0 Å². The maximum atomic E-state index is 5.77. The van der Waals surface area contributed by atoms with E-state index >= 15 is 0 Å². The van der Waals surface area contributed by atoms with Gasteiger partial charge in [-0.3, -0.25) is 0 Å². The van der Waals surface area contributed by atoms with E-state index in [2.05, 4.69) is 21.4 Å². The maximum Gasteiger partial charge on any atom is 0.205 e. The smallest absolute Gasteiger partial charge is 0.205 e. The van der Waals surface area contributed by atoms with Gasteiger partial charge in [0, 0.05) is 37.9 Å². The van der Waals surface area contributed by atoms with Crippen molar-refractivity contribution in [2.75, 3.05) is 23.9 Å². The van der Waals surface area contributed by atoms with Crippen molar-refractivity contribution in [1.29, 1.82) is 0 Å². The third-order valence-corrected chi connectivity index (χ3v) is 3.34. The number of aryl methyl sites for hydroxylation is 1. The molecule has 3 nitrogen and oxygen atoms in total. The lowest BCUT2D eigenvalue weighted by Crippen LogP contribution is -2.23. The van der Waals surface area contributed by atoms with Crippen LogP contribution in [0.5, 0.6) is 0 Å². The van der Waals surface area contributed by atoms with Gasteiger partial charge in [-0.15, -0.1) is 11.6 Å². The zero-order valence-electron chi connectivity index (χ0n) is 9.19. The Kier molecular flexibility index (Phi) is 3.52. The van der Waals surface area contributed by atoms with E-state index in [0.717, 1.165) is 43.8 Å². The molecule has 1 fully saturated rings. The Hall–Kier alpha value is -0.700. The summed E-state index contributed by atoms with van der Waals surface area (Å²) in [6.07, 6.45) is 6.31. The molecule has 0 aliphatic carbocycles. The van der Waals surface area contributed by atoms with Crippen LogP contribution in [0.2, 0.25) is 0 Å². The van der Waals surface area contributed by atoms with Gasteiger partial charge in [0.05, 0.1) is 0 Å². The van der Waals surface area contributed by atoms with Gasteiger partial charge < -0.3 is 9.47 Å².